The summed E-state index contributed by atoms with van der Waals surface area (Å²) in [7, 11) is 2.93. The average Bonchev–Trinajstić information content (AvgIpc) is 2.58. The molecule has 1 saturated carbocycles. The van der Waals surface area contributed by atoms with Gasteiger partial charge in [-0.05, 0) is 11.8 Å². The number of carboxylic acids is 1. The fraction of sp³-hybridized carbons (Fsp3) is 0.889. The first-order valence-corrected chi connectivity index (χ1v) is 4.21. The van der Waals surface area contributed by atoms with Gasteiger partial charge in [-0.25, -0.2) is 0 Å². The van der Waals surface area contributed by atoms with Gasteiger partial charge < -0.3 is 14.6 Å². The number of methoxy groups -OCH3 is 2. The highest BCUT2D eigenvalue weighted by Crippen LogP contribution is 2.66. The van der Waals surface area contributed by atoms with Gasteiger partial charge in [-0.1, -0.05) is 13.8 Å². The Morgan fingerprint density at radius 3 is 1.85 bits per heavy atom. The van der Waals surface area contributed by atoms with E-state index in [-0.39, 0.29) is 5.41 Å². The SMILES string of the molecule is COC(OC)C1(C(=O)O)CC1(C)C. The highest BCUT2D eigenvalue weighted by molar-refractivity contribution is 5.80. The van der Waals surface area contributed by atoms with Crippen LogP contribution in [0.1, 0.15) is 20.3 Å². The van der Waals surface area contributed by atoms with E-state index in [1.807, 2.05) is 13.8 Å². The highest BCUT2D eigenvalue weighted by atomic mass is 16.7. The number of aliphatic carboxylic acids is 1. The van der Waals surface area contributed by atoms with Gasteiger partial charge in [0, 0.05) is 14.2 Å². The first kappa shape index (κ1) is 10.5. The molecule has 13 heavy (non-hydrogen) atoms. The van der Waals surface area contributed by atoms with E-state index in [2.05, 4.69) is 0 Å². The van der Waals surface area contributed by atoms with E-state index in [1.165, 1.54) is 14.2 Å². The smallest absolute Gasteiger partial charge is 0.315 e. The van der Waals surface area contributed by atoms with Gasteiger partial charge >= 0.3 is 5.97 Å². The molecule has 1 N–H and O–H groups in total. The van der Waals surface area contributed by atoms with Crippen molar-refractivity contribution in [1.29, 1.82) is 0 Å². The van der Waals surface area contributed by atoms with Crippen molar-refractivity contribution in [3.8, 4) is 0 Å². The molecule has 0 radical (unpaired) electrons. The largest absolute Gasteiger partial charge is 0.481 e. The lowest BCUT2D eigenvalue weighted by atomic mass is 9.95. The second-order valence-corrected chi connectivity index (χ2v) is 4.14. The third-order valence-electron chi connectivity index (χ3n) is 3.02. The Kier molecular flexibility index (Phi) is 2.38. The summed E-state index contributed by atoms with van der Waals surface area (Å²) in [5.41, 5.74) is -1.11. The van der Waals surface area contributed by atoms with Gasteiger partial charge in [-0.2, -0.15) is 0 Å². The molecule has 0 aliphatic heterocycles. The van der Waals surface area contributed by atoms with Crippen LogP contribution < -0.4 is 0 Å². The van der Waals surface area contributed by atoms with Crippen LogP contribution in [-0.2, 0) is 14.3 Å². The van der Waals surface area contributed by atoms with Gasteiger partial charge in [-0.15, -0.1) is 0 Å². The standard InChI is InChI=1S/C9H16O4/c1-8(2)5-9(8,6(10)11)7(12-3)13-4/h7H,5H2,1-4H3,(H,10,11). The van der Waals surface area contributed by atoms with Crippen molar-refractivity contribution in [3.63, 3.8) is 0 Å². The topological polar surface area (TPSA) is 55.8 Å². The van der Waals surface area contributed by atoms with Gasteiger partial charge in [0.1, 0.15) is 5.41 Å². The van der Waals surface area contributed by atoms with Crippen LogP contribution in [0, 0.1) is 10.8 Å². The molecular weight excluding hydrogens is 172 g/mol. The lowest BCUT2D eigenvalue weighted by Gasteiger charge is -2.24. The number of hydrogen-bond acceptors (Lipinski definition) is 3. The zero-order chi connectivity index (χ0) is 10.3. The normalized spacial score (nSPS) is 30.5. The third kappa shape index (κ3) is 1.25. The quantitative estimate of drug-likeness (QED) is 0.671. The van der Waals surface area contributed by atoms with Crippen molar-refractivity contribution in [2.75, 3.05) is 14.2 Å². The predicted octanol–water partition coefficient (Wildman–Crippen LogP) is 1.11. The first-order chi connectivity index (χ1) is 5.92. The predicted molar refractivity (Wildman–Crippen MR) is 46.3 cm³/mol. The Labute approximate surface area is 77.8 Å². The fourth-order valence-electron chi connectivity index (χ4n) is 2.02. The van der Waals surface area contributed by atoms with Crippen molar-refractivity contribution in [2.24, 2.45) is 10.8 Å². The molecule has 0 bridgehead atoms. The van der Waals surface area contributed by atoms with Crippen molar-refractivity contribution in [1.82, 2.24) is 0 Å². The van der Waals surface area contributed by atoms with E-state index in [0.29, 0.717) is 6.42 Å². The molecule has 0 aromatic heterocycles. The summed E-state index contributed by atoms with van der Waals surface area (Å²) in [6.45, 7) is 3.82. The number of carboxylic acid groups (broad SMARTS) is 1. The summed E-state index contributed by atoms with van der Waals surface area (Å²) in [6.07, 6.45) is -0.0539. The molecule has 1 fully saturated rings. The average molecular weight is 188 g/mol. The van der Waals surface area contributed by atoms with Gasteiger partial charge in [0.15, 0.2) is 6.29 Å². The van der Waals surface area contributed by atoms with Crippen LogP contribution in [-0.4, -0.2) is 31.6 Å². The molecule has 0 saturated heterocycles. The maximum Gasteiger partial charge on any atom is 0.315 e. The van der Waals surface area contributed by atoms with Crippen LogP contribution in [0.5, 0.6) is 0 Å². The van der Waals surface area contributed by atoms with Crippen LogP contribution in [0.2, 0.25) is 0 Å². The van der Waals surface area contributed by atoms with Gasteiger partial charge in [0.2, 0.25) is 0 Å². The van der Waals surface area contributed by atoms with Crippen molar-refractivity contribution >= 4 is 5.97 Å². The fourth-order valence-corrected chi connectivity index (χ4v) is 2.02. The summed E-state index contributed by atoms with van der Waals surface area (Å²) in [5, 5.41) is 9.11. The Hall–Kier alpha value is -0.610. The molecule has 1 aliphatic carbocycles. The maximum absolute atomic E-state index is 11.1. The van der Waals surface area contributed by atoms with E-state index in [1.54, 1.807) is 0 Å². The Balaban J connectivity index is 2.89. The highest BCUT2D eigenvalue weighted by Gasteiger charge is 2.71. The van der Waals surface area contributed by atoms with E-state index >= 15 is 0 Å². The lowest BCUT2D eigenvalue weighted by molar-refractivity contribution is -0.183. The van der Waals surface area contributed by atoms with E-state index in [9.17, 15) is 4.79 Å². The third-order valence-corrected chi connectivity index (χ3v) is 3.02. The summed E-state index contributed by atoms with van der Waals surface area (Å²) in [6, 6.07) is 0. The molecule has 1 rings (SSSR count). The second-order valence-electron chi connectivity index (χ2n) is 4.14. The Morgan fingerprint density at radius 2 is 1.77 bits per heavy atom. The Bertz CT molecular complexity index is 220. The minimum Gasteiger partial charge on any atom is -0.481 e. The van der Waals surface area contributed by atoms with Crippen molar-refractivity contribution in [3.05, 3.63) is 0 Å². The molecule has 76 valence electrons. The molecule has 0 aromatic carbocycles. The summed E-state index contributed by atoms with van der Waals surface area (Å²) < 4.78 is 10.0. The second kappa shape index (κ2) is 2.96. The van der Waals surface area contributed by atoms with Crippen LogP contribution in [0.25, 0.3) is 0 Å². The minimum atomic E-state index is -0.865. The van der Waals surface area contributed by atoms with E-state index in [0.717, 1.165) is 0 Å². The first-order valence-electron chi connectivity index (χ1n) is 4.21. The van der Waals surface area contributed by atoms with Crippen molar-refractivity contribution < 1.29 is 19.4 Å². The van der Waals surface area contributed by atoms with Gasteiger partial charge in [-0.3, -0.25) is 4.79 Å². The maximum atomic E-state index is 11.1. The van der Waals surface area contributed by atoms with Crippen molar-refractivity contribution in [2.45, 2.75) is 26.6 Å². The Morgan fingerprint density at radius 1 is 1.38 bits per heavy atom. The molecule has 1 aliphatic rings. The molecule has 4 nitrogen and oxygen atoms in total. The molecule has 0 spiro atoms. The molecule has 0 amide bonds. The van der Waals surface area contributed by atoms with Gasteiger partial charge in [0.05, 0.1) is 0 Å². The monoisotopic (exact) mass is 188 g/mol. The van der Waals surface area contributed by atoms with Gasteiger partial charge in [0.25, 0.3) is 0 Å². The summed E-state index contributed by atoms with van der Waals surface area (Å²) >= 11 is 0. The van der Waals surface area contributed by atoms with Crippen LogP contribution in [0.3, 0.4) is 0 Å². The van der Waals surface area contributed by atoms with Crippen LogP contribution >= 0.6 is 0 Å². The molecular formula is C9H16O4. The molecule has 0 aromatic rings. The zero-order valence-electron chi connectivity index (χ0n) is 8.46. The number of hydrogen-bond donors (Lipinski definition) is 1. The zero-order valence-corrected chi connectivity index (χ0v) is 8.46. The van der Waals surface area contributed by atoms with E-state index in [4.69, 9.17) is 14.6 Å². The molecule has 0 heterocycles. The minimum absolute atomic E-state index is 0.241. The summed E-state index contributed by atoms with van der Waals surface area (Å²) in [5.74, 6) is -0.841. The lowest BCUT2D eigenvalue weighted by Crippen LogP contribution is -2.36. The summed E-state index contributed by atoms with van der Waals surface area (Å²) in [4.78, 5) is 11.1. The molecule has 4 heteroatoms. The van der Waals surface area contributed by atoms with E-state index < -0.39 is 17.7 Å². The number of carbonyl (C=O) groups is 1. The number of ether oxygens (including phenoxy) is 2. The molecule has 1 atom stereocenters. The van der Waals surface area contributed by atoms with Crippen LogP contribution in [0.4, 0.5) is 0 Å². The molecule has 1 unspecified atom stereocenters. The number of rotatable bonds is 4. The van der Waals surface area contributed by atoms with Crippen LogP contribution in [0.15, 0.2) is 0 Å².